The van der Waals surface area contributed by atoms with E-state index in [0.29, 0.717) is 6.61 Å². The Morgan fingerprint density at radius 2 is 1.39 bits per heavy atom. The van der Waals surface area contributed by atoms with Crippen LogP contribution >= 0.6 is 7.92 Å². The summed E-state index contributed by atoms with van der Waals surface area (Å²) in [7, 11) is -0.432. The van der Waals surface area contributed by atoms with E-state index in [4.69, 9.17) is 4.74 Å². The first kappa shape index (κ1) is 13.0. The van der Waals surface area contributed by atoms with Gasteiger partial charge in [0.05, 0.1) is 13.0 Å². The van der Waals surface area contributed by atoms with E-state index in [1.807, 2.05) is 12.1 Å². The van der Waals surface area contributed by atoms with E-state index in [1.54, 1.807) is 6.08 Å². The van der Waals surface area contributed by atoms with Gasteiger partial charge in [0.25, 0.3) is 0 Å². The molecule has 0 bridgehead atoms. The van der Waals surface area contributed by atoms with Crippen molar-refractivity contribution in [3.8, 4) is 0 Å². The maximum Gasteiger partial charge on any atom is 0.0746 e. The predicted octanol–water partition coefficient (Wildman–Crippen LogP) is 3.28. The third kappa shape index (κ3) is 3.53. The minimum atomic E-state index is -0.432. The van der Waals surface area contributed by atoms with Gasteiger partial charge in [-0.2, -0.15) is 0 Å². The Labute approximate surface area is 110 Å². The lowest BCUT2D eigenvalue weighted by Crippen LogP contribution is -2.15. The maximum absolute atomic E-state index is 5.66. The second kappa shape index (κ2) is 7.10. The van der Waals surface area contributed by atoms with Crippen molar-refractivity contribution in [2.45, 2.75) is 0 Å². The Balaban J connectivity index is 2.21. The summed E-state index contributed by atoms with van der Waals surface area (Å²) in [6, 6.07) is 21.1. The van der Waals surface area contributed by atoms with Gasteiger partial charge in [0.2, 0.25) is 0 Å². The smallest absolute Gasteiger partial charge is 0.0746 e. The van der Waals surface area contributed by atoms with Gasteiger partial charge in [-0.15, -0.1) is 6.58 Å². The first-order valence-corrected chi connectivity index (χ1v) is 7.51. The number of hydrogen-bond donors (Lipinski definition) is 0. The zero-order valence-electron chi connectivity index (χ0n) is 10.3. The van der Waals surface area contributed by atoms with Crippen LogP contribution in [-0.2, 0) is 4.74 Å². The van der Waals surface area contributed by atoms with Gasteiger partial charge < -0.3 is 4.74 Å². The zero-order valence-corrected chi connectivity index (χ0v) is 11.2. The van der Waals surface area contributed by atoms with Crippen LogP contribution in [0.1, 0.15) is 0 Å². The molecule has 0 aliphatic carbocycles. The fourth-order valence-corrected chi connectivity index (χ4v) is 3.69. The lowest BCUT2D eigenvalue weighted by molar-refractivity contribution is 0.214. The molecule has 0 heterocycles. The molecule has 1 nitrogen and oxygen atoms in total. The second-order valence-corrected chi connectivity index (χ2v) is 6.03. The maximum atomic E-state index is 5.66. The molecule has 0 amide bonds. The predicted molar refractivity (Wildman–Crippen MR) is 80.1 cm³/mol. The van der Waals surface area contributed by atoms with E-state index in [2.05, 4.69) is 55.1 Å². The lowest BCUT2D eigenvalue weighted by atomic mass is 10.4. The molecule has 0 unspecified atom stereocenters. The summed E-state index contributed by atoms with van der Waals surface area (Å²) in [6.45, 7) is 4.29. The summed E-state index contributed by atoms with van der Waals surface area (Å²) in [4.78, 5) is 0. The quantitative estimate of drug-likeness (QED) is 0.438. The van der Waals surface area contributed by atoms with Crippen molar-refractivity contribution in [2.75, 3.05) is 13.0 Å². The molecule has 2 rings (SSSR count). The van der Waals surface area contributed by atoms with Crippen molar-refractivity contribution in [3.05, 3.63) is 73.3 Å². The first-order valence-electron chi connectivity index (χ1n) is 5.98. The molecule has 2 aromatic carbocycles. The van der Waals surface area contributed by atoms with E-state index in [1.165, 1.54) is 10.6 Å². The molecule has 0 aromatic heterocycles. The van der Waals surface area contributed by atoms with Crippen LogP contribution < -0.4 is 10.6 Å². The Hall–Kier alpha value is -1.43. The highest BCUT2D eigenvalue weighted by molar-refractivity contribution is 7.72. The van der Waals surface area contributed by atoms with Gasteiger partial charge in [-0.1, -0.05) is 66.7 Å². The number of rotatable bonds is 6. The fourth-order valence-electron chi connectivity index (χ4n) is 1.74. The van der Waals surface area contributed by atoms with Crippen LogP contribution in [0.15, 0.2) is 73.3 Å². The van der Waals surface area contributed by atoms with Gasteiger partial charge in [0.15, 0.2) is 0 Å². The van der Waals surface area contributed by atoms with E-state index in [0.717, 1.165) is 6.35 Å². The van der Waals surface area contributed by atoms with Gasteiger partial charge in [-0.3, -0.25) is 0 Å². The molecule has 0 fully saturated rings. The first-order chi connectivity index (χ1) is 8.92. The molecule has 0 N–H and O–H groups in total. The normalized spacial score (nSPS) is 10.5. The third-order valence-electron chi connectivity index (χ3n) is 2.59. The van der Waals surface area contributed by atoms with Crippen LogP contribution in [0.3, 0.4) is 0 Å². The van der Waals surface area contributed by atoms with Crippen molar-refractivity contribution < 1.29 is 4.74 Å². The number of ether oxygens (including phenoxy) is 1. The Bertz CT molecular complexity index is 427. The van der Waals surface area contributed by atoms with Crippen LogP contribution in [-0.4, -0.2) is 13.0 Å². The van der Waals surface area contributed by atoms with Crippen molar-refractivity contribution in [1.82, 2.24) is 0 Å². The van der Waals surface area contributed by atoms with Crippen molar-refractivity contribution in [2.24, 2.45) is 0 Å². The van der Waals surface area contributed by atoms with Crippen LogP contribution in [0, 0.1) is 0 Å². The molecular formula is C16H17OP. The average Bonchev–Trinajstić information content (AvgIpc) is 2.46. The molecule has 0 spiro atoms. The highest BCUT2D eigenvalue weighted by atomic mass is 31.1. The minimum absolute atomic E-state index is 0.432. The Kier molecular flexibility index (Phi) is 5.14. The van der Waals surface area contributed by atoms with E-state index >= 15 is 0 Å². The van der Waals surface area contributed by atoms with Crippen molar-refractivity contribution in [1.29, 1.82) is 0 Å². The summed E-state index contributed by atoms with van der Waals surface area (Å²) in [5.74, 6) is 0. The molecule has 0 saturated heterocycles. The highest BCUT2D eigenvalue weighted by Crippen LogP contribution is 2.33. The van der Waals surface area contributed by atoms with Gasteiger partial charge in [-0.05, 0) is 18.5 Å². The Morgan fingerprint density at radius 1 is 0.889 bits per heavy atom. The number of benzene rings is 2. The summed E-state index contributed by atoms with van der Waals surface area (Å²) in [5.41, 5.74) is 0. The molecule has 2 heteroatoms. The van der Waals surface area contributed by atoms with Crippen molar-refractivity contribution in [3.63, 3.8) is 0 Å². The topological polar surface area (TPSA) is 9.23 Å². The van der Waals surface area contributed by atoms with Gasteiger partial charge in [0.1, 0.15) is 0 Å². The largest absolute Gasteiger partial charge is 0.372 e. The number of hydrogen-bond acceptors (Lipinski definition) is 1. The summed E-state index contributed by atoms with van der Waals surface area (Å²) >= 11 is 0. The van der Waals surface area contributed by atoms with Crippen LogP contribution in [0.25, 0.3) is 0 Å². The summed E-state index contributed by atoms with van der Waals surface area (Å²) in [5, 5.41) is 2.70. The van der Waals surface area contributed by atoms with Gasteiger partial charge in [-0.25, -0.2) is 0 Å². The molecule has 92 valence electrons. The van der Waals surface area contributed by atoms with E-state index < -0.39 is 7.92 Å². The molecular weight excluding hydrogens is 239 g/mol. The fraction of sp³-hybridized carbons (Fsp3) is 0.125. The van der Waals surface area contributed by atoms with Crippen molar-refractivity contribution >= 4 is 18.5 Å². The highest BCUT2D eigenvalue weighted by Gasteiger charge is 2.12. The molecule has 0 aliphatic rings. The Morgan fingerprint density at radius 3 is 1.83 bits per heavy atom. The molecule has 0 saturated carbocycles. The van der Waals surface area contributed by atoms with Crippen LogP contribution in [0.5, 0.6) is 0 Å². The summed E-state index contributed by atoms with van der Waals surface area (Å²) in [6.07, 6.45) is 2.54. The SMILES string of the molecule is C=CCOCP(c1ccccc1)c1ccccc1. The minimum Gasteiger partial charge on any atom is -0.372 e. The van der Waals surface area contributed by atoms with Crippen LogP contribution in [0.2, 0.25) is 0 Å². The summed E-state index contributed by atoms with van der Waals surface area (Å²) < 4.78 is 5.66. The molecule has 18 heavy (non-hydrogen) atoms. The monoisotopic (exact) mass is 256 g/mol. The zero-order chi connectivity index (χ0) is 12.6. The molecule has 0 aliphatic heterocycles. The second-order valence-electron chi connectivity index (χ2n) is 3.89. The molecule has 2 aromatic rings. The third-order valence-corrected chi connectivity index (χ3v) is 4.88. The molecule has 0 atom stereocenters. The van der Waals surface area contributed by atoms with Crippen LogP contribution in [0.4, 0.5) is 0 Å². The average molecular weight is 256 g/mol. The van der Waals surface area contributed by atoms with Gasteiger partial charge in [0, 0.05) is 0 Å². The van der Waals surface area contributed by atoms with Gasteiger partial charge >= 0.3 is 0 Å². The van der Waals surface area contributed by atoms with E-state index in [9.17, 15) is 0 Å². The lowest BCUT2D eigenvalue weighted by Gasteiger charge is -2.18. The van der Waals surface area contributed by atoms with E-state index in [-0.39, 0.29) is 0 Å². The standard InChI is InChI=1S/C16H17OP/c1-2-13-17-14-18(15-9-5-3-6-10-15)16-11-7-4-8-12-16/h2-12H,1,13-14H2. The molecule has 0 radical (unpaired) electrons.